The van der Waals surface area contributed by atoms with Crippen molar-refractivity contribution in [1.29, 1.82) is 0 Å². The molecule has 0 unspecified atom stereocenters. The van der Waals surface area contributed by atoms with Gasteiger partial charge in [-0.3, -0.25) is 4.98 Å². The summed E-state index contributed by atoms with van der Waals surface area (Å²) < 4.78 is 0. The first kappa shape index (κ1) is 13.6. The molecular formula is C20H19N. The van der Waals surface area contributed by atoms with E-state index < -0.39 is 0 Å². The molecule has 0 spiro atoms. The molecule has 1 nitrogen and oxygen atoms in total. The van der Waals surface area contributed by atoms with Gasteiger partial charge in [-0.15, -0.1) is 0 Å². The lowest BCUT2D eigenvalue weighted by molar-refractivity contribution is 0.799. The van der Waals surface area contributed by atoms with Crippen LogP contribution >= 0.6 is 0 Å². The third-order valence-corrected chi connectivity index (χ3v) is 3.66. The standard InChI is InChI=1S/C20H19N/c1-3-8-17(9-4-1)10-7-13-20-16-19(14-15-21-20)18-11-5-2-6-12-18/h1-6,8-9,11-12,14-16H,7,10,13H2. The van der Waals surface area contributed by atoms with Gasteiger partial charge in [-0.1, -0.05) is 60.7 Å². The zero-order valence-electron chi connectivity index (χ0n) is 12.1. The first-order chi connectivity index (χ1) is 10.4. The van der Waals surface area contributed by atoms with E-state index in [4.69, 9.17) is 0 Å². The van der Waals surface area contributed by atoms with Crippen LogP contribution in [0.15, 0.2) is 79.0 Å². The van der Waals surface area contributed by atoms with Gasteiger partial charge < -0.3 is 0 Å². The molecule has 2 aromatic carbocycles. The number of benzene rings is 2. The number of pyridine rings is 1. The van der Waals surface area contributed by atoms with E-state index >= 15 is 0 Å². The summed E-state index contributed by atoms with van der Waals surface area (Å²) >= 11 is 0. The quantitative estimate of drug-likeness (QED) is 0.642. The molecule has 1 heteroatoms. The summed E-state index contributed by atoms with van der Waals surface area (Å²) in [5.41, 5.74) is 5.08. The van der Waals surface area contributed by atoms with Crippen LogP contribution in [0.1, 0.15) is 17.7 Å². The Bertz CT molecular complexity index is 674. The van der Waals surface area contributed by atoms with Gasteiger partial charge in [-0.2, -0.15) is 0 Å². The maximum atomic E-state index is 4.50. The molecule has 3 aromatic rings. The van der Waals surface area contributed by atoms with Gasteiger partial charge >= 0.3 is 0 Å². The lowest BCUT2D eigenvalue weighted by atomic mass is 10.0. The minimum atomic E-state index is 1.02. The predicted octanol–water partition coefficient (Wildman–Crippen LogP) is 4.92. The number of aryl methyl sites for hydroxylation is 2. The molecule has 0 atom stereocenters. The van der Waals surface area contributed by atoms with E-state index in [1.807, 2.05) is 12.3 Å². The fraction of sp³-hybridized carbons (Fsp3) is 0.150. The van der Waals surface area contributed by atoms with Crippen LogP contribution in [0.3, 0.4) is 0 Å². The van der Waals surface area contributed by atoms with Crippen LogP contribution in [-0.4, -0.2) is 4.98 Å². The molecule has 0 aliphatic rings. The smallest absolute Gasteiger partial charge is 0.0409 e. The highest BCUT2D eigenvalue weighted by Gasteiger charge is 2.00. The van der Waals surface area contributed by atoms with Crippen LogP contribution in [0.4, 0.5) is 0 Å². The van der Waals surface area contributed by atoms with Crippen molar-refractivity contribution in [2.24, 2.45) is 0 Å². The topological polar surface area (TPSA) is 12.9 Å². The fourth-order valence-corrected chi connectivity index (χ4v) is 2.54. The number of hydrogen-bond donors (Lipinski definition) is 0. The fourth-order valence-electron chi connectivity index (χ4n) is 2.54. The average molecular weight is 273 g/mol. The molecule has 0 saturated carbocycles. The van der Waals surface area contributed by atoms with E-state index in [1.54, 1.807) is 0 Å². The summed E-state index contributed by atoms with van der Waals surface area (Å²) in [6.07, 6.45) is 5.18. The molecule has 1 heterocycles. The van der Waals surface area contributed by atoms with Crippen molar-refractivity contribution in [3.8, 4) is 11.1 Å². The number of rotatable bonds is 5. The normalized spacial score (nSPS) is 10.5. The molecular weight excluding hydrogens is 254 g/mol. The molecule has 21 heavy (non-hydrogen) atoms. The zero-order valence-corrected chi connectivity index (χ0v) is 12.1. The van der Waals surface area contributed by atoms with Crippen LogP contribution < -0.4 is 0 Å². The molecule has 0 amide bonds. The largest absolute Gasteiger partial charge is 0.261 e. The van der Waals surface area contributed by atoms with Crippen LogP contribution in [-0.2, 0) is 12.8 Å². The van der Waals surface area contributed by atoms with Crippen molar-refractivity contribution in [1.82, 2.24) is 4.98 Å². The van der Waals surface area contributed by atoms with Crippen LogP contribution in [0.25, 0.3) is 11.1 Å². The lowest BCUT2D eigenvalue weighted by Gasteiger charge is -2.05. The summed E-state index contributed by atoms with van der Waals surface area (Å²) in [7, 11) is 0. The van der Waals surface area contributed by atoms with Crippen LogP contribution in [0.2, 0.25) is 0 Å². The molecule has 104 valence electrons. The Kier molecular flexibility index (Phi) is 4.42. The van der Waals surface area contributed by atoms with E-state index in [-0.39, 0.29) is 0 Å². The maximum Gasteiger partial charge on any atom is 0.0409 e. The highest BCUT2D eigenvalue weighted by molar-refractivity contribution is 5.63. The Morgan fingerprint density at radius 1 is 0.667 bits per heavy atom. The summed E-state index contributed by atoms with van der Waals surface area (Å²) in [4.78, 5) is 4.50. The Morgan fingerprint density at radius 3 is 2.14 bits per heavy atom. The SMILES string of the molecule is c1ccc(CCCc2cc(-c3ccccc3)ccn2)cc1. The monoisotopic (exact) mass is 273 g/mol. The number of nitrogens with zero attached hydrogens (tertiary/aromatic N) is 1. The van der Waals surface area contributed by atoms with E-state index in [1.165, 1.54) is 22.4 Å². The third-order valence-electron chi connectivity index (χ3n) is 3.66. The Morgan fingerprint density at radius 2 is 1.38 bits per heavy atom. The van der Waals surface area contributed by atoms with Crippen molar-refractivity contribution in [3.05, 3.63) is 90.3 Å². The van der Waals surface area contributed by atoms with Crippen molar-refractivity contribution in [2.45, 2.75) is 19.3 Å². The lowest BCUT2D eigenvalue weighted by Crippen LogP contribution is -1.93. The van der Waals surface area contributed by atoms with Crippen molar-refractivity contribution >= 4 is 0 Å². The van der Waals surface area contributed by atoms with Crippen molar-refractivity contribution in [2.75, 3.05) is 0 Å². The van der Waals surface area contributed by atoms with E-state index in [9.17, 15) is 0 Å². The van der Waals surface area contributed by atoms with Gasteiger partial charge in [0.2, 0.25) is 0 Å². The molecule has 0 aliphatic heterocycles. The van der Waals surface area contributed by atoms with Crippen LogP contribution in [0, 0.1) is 0 Å². The molecule has 0 bridgehead atoms. The molecule has 0 fully saturated rings. The number of hydrogen-bond acceptors (Lipinski definition) is 1. The molecule has 0 N–H and O–H groups in total. The van der Waals surface area contributed by atoms with Crippen molar-refractivity contribution < 1.29 is 0 Å². The van der Waals surface area contributed by atoms with Crippen LogP contribution in [0.5, 0.6) is 0 Å². The van der Waals surface area contributed by atoms with Gasteiger partial charge in [0.15, 0.2) is 0 Å². The summed E-state index contributed by atoms with van der Waals surface area (Å²) in [6.45, 7) is 0. The van der Waals surface area contributed by atoms with E-state index in [0.29, 0.717) is 0 Å². The summed E-state index contributed by atoms with van der Waals surface area (Å²) in [5, 5.41) is 0. The molecule has 0 aliphatic carbocycles. The zero-order chi connectivity index (χ0) is 14.3. The average Bonchev–Trinajstić information content (AvgIpc) is 2.57. The van der Waals surface area contributed by atoms with Gasteiger partial charge in [0.1, 0.15) is 0 Å². The second-order valence-corrected chi connectivity index (χ2v) is 5.24. The van der Waals surface area contributed by atoms with Gasteiger partial charge in [0.25, 0.3) is 0 Å². The van der Waals surface area contributed by atoms with Gasteiger partial charge in [0.05, 0.1) is 0 Å². The second kappa shape index (κ2) is 6.85. The van der Waals surface area contributed by atoms with E-state index in [0.717, 1.165) is 19.3 Å². The minimum Gasteiger partial charge on any atom is -0.261 e. The maximum absolute atomic E-state index is 4.50. The minimum absolute atomic E-state index is 1.02. The number of aromatic nitrogens is 1. The second-order valence-electron chi connectivity index (χ2n) is 5.24. The Labute approximate surface area is 126 Å². The Balaban J connectivity index is 1.64. The van der Waals surface area contributed by atoms with Gasteiger partial charge in [-0.25, -0.2) is 0 Å². The molecule has 0 saturated heterocycles. The molecule has 0 radical (unpaired) electrons. The van der Waals surface area contributed by atoms with Gasteiger partial charge in [-0.05, 0) is 48.1 Å². The summed E-state index contributed by atoms with van der Waals surface area (Å²) in [6, 6.07) is 25.4. The van der Waals surface area contributed by atoms with Crippen molar-refractivity contribution in [3.63, 3.8) is 0 Å². The van der Waals surface area contributed by atoms with Gasteiger partial charge in [0, 0.05) is 11.9 Å². The molecule has 1 aromatic heterocycles. The first-order valence-corrected chi connectivity index (χ1v) is 7.46. The van der Waals surface area contributed by atoms with E-state index in [2.05, 4.69) is 71.7 Å². The summed E-state index contributed by atoms with van der Waals surface area (Å²) in [5.74, 6) is 0. The first-order valence-electron chi connectivity index (χ1n) is 7.46. The highest BCUT2D eigenvalue weighted by Crippen LogP contribution is 2.19. The highest BCUT2D eigenvalue weighted by atomic mass is 14.7. The Hall–Kier alpha value is -2.41. The molecule has 3 rings (SSSR count). The third kappa shape index (κ3) is 3.79. The predicted molar refractivity (Wildman–Crippen MR) is 88.1 cm³/mol.